The monoisotopic (exact) mass is 286 g/mol. The topological polar surface area (TPSA) is 9.23 Å². The average molecular weight is 286 g/mol. The molecule has 0 spiro atoms. The first-order valence-corrected chi connectivity index (χ1v) is 8.58. The van der Waals surface area contributed by atoms with E-state index in [-0.39, 0.29) is 0 Å². The summed E-state index contributed by atoms with van der Waals surface area (Å²) in [5.41, 5.74) is 4.43. The van der Waals surface area contributed by atoms with Gasteiger partial charge in [0, 0.05) is 10.8 Å². The van der Waals surface area contributed by atoms with Crippen LogP contribution in [-0.4, -0.2) is 7.11 Å². The van der Waals surface area contributed by atoms with Gasteiger partial charge < -0.3 is 4.74 Å². The molecule has 0 amide bonds. The molecule has 108 valence electrons. The first kappa shape index (κ1) is 10.9. The fourth-order valence-corrected chi connectivity index (χ4v) is 8.30. The average Bonchev–Trinajstić information content (AvgIpc) is 2.62. The minimum absolute atomic E-state index is 0.574. The second-order valence-electron chi connectivity index (χ2n) is 8.12. The van der Waals surface area contributed by atoms with E-state index in [9.17, 15) is 0 Å². The van der Waals surface area contributed by atoms with Crippen molar-refractivity contribution in [2.75, 3.05) is 7.11 Å². The number of benzene rings is 2. The Morgan fingerprint density at radius 3 is 1.82 bits per heavy atom. The molecule has 1 nitrogen and oxygen atoms in total. The normalized spacial score (nSPS) is 53.1. The van der Waals surface area contributed by atoms with Crippen LogP contribution in [0.3, 0.4) is 0 Å². The predicted octanol–water partition coefficient (Wildman–Crippen LogP) is 3.64. The van der Waals surface area contributed by atoms with Crippen molar-refractivity contribution in [1.29, 1.82) is 0 Å². The summed E-state index contributed by atoms with van der Waals surface area (Å²) < 4.78 is 5.46. The second kappa shape index (κ2) is 2.87. The maximum atomic E-state index is 5.46. The van der Waals surface area contributed by atoms with Crippen LogP contribution in [0.1, 0.15) is 11.1 Å². The molecule has 0 bridgehead atoms. The maximum absolute atomic E-state index is 5.46. The highest BCUT2D eigenvalue weighted by molar-refractivity contribution is 5.69. The maximum Gasteiger partial charge on any atom is 0.119 e. The van der Waals surface area contributed by atoms with Crippen molar-refractivity contribution in [3.05, 3.63) is 65.7 Å². The standard InChI is InChI=1S/C21H18O/c1-22-13-9-5-8-12(10-13)21-17-14-18(21)16-19(21)15(17)20(14,16)11-6-3-2-4-7-11/h2-10,14-19H,1H3. The molecule has 6 aliphatic rings. The van der Waals surface area contributed by atoms with E-state index in [4.69, 9.17) is 4.74 Å². The molecule has 22 heavy (non-hydrogen) atoms. The SMILES string of the molecule is COc1cccc(C23C4C5C2C2C3C4C52c2ccccc2)c1. The van der Waals surface area contributed by atoms with Crippen molar-refractivity contribution < 1.29 is 4.74 Å². The van der Waals surface area contributed by atoms with Crippen molar-refractivity contribution in [3.63, 3.8) is 0 Å². The van der Waals surface area contributed by atoms with Gasteiger partial charge in [-0.2, -0.15) is 0 Å². The van der Waals surface area contributed by atoms with Crippen molar-refractivity contribution in [2.45, 2.75) is 10.8 Å². The van der Waals surface area contributed by atoms with E-state index < -0.39 is 0 Å². The largest absolute Gasteiger partial charge is 0.497 e. The summed E-state index contributed by atoms with van der Waals surface area (Å²) in [7, 11) is 1.78. The van der Waals surface area contributed by atoms with Gasteiger partial charge in [-0.3, -0.25) is 0 Å². The first-order valence-electron chi connectivity index (χ1n) is 8.58. The van der Waals surface area contributed by atoms with Gasteiger partial charge in [-0.15, -0.1) is 0 Å². The Morgan fingerprint density at radius 2 is 1.23 bits per heavy atom. The lowest BCUT2D eigenvalue weighted by Gasteiger charge is -3.12. The molecule has 2 aromatic carbocycles. The minimum Gasteiger partial charge on any atom is -0.497 e. The van der Waals surface area contributed by atoms with Crippen LogP contribution in [0.5, 0.6) is 5.75 Å². The van der Waals surface area contributed by atoms with Crippen molar-refractivity contribution in [1.82, 2.24) is 0 Å². The van der Waals surface area contributed by atoms with Crippen LogP contribution in [0.15, 0.2) is 54.6 Å². The van der Waals surface area contributed by atoms with Gasteiger partial charge in [0.2, 0.25) is 0 Å². The van der Waals surface area contributed by atoms with Gasteiger partial charge in [0.15, 0.2) is 0 Å². The van der Waals surface area contributed by atoms with Crippen LogP contribution < -0.4 is 4.74 Å². The van der Waals surface area contributed by atoms with Gasteiger partial charge in [0.25, 0.3) is 0 Å². The molecule has 1 heteroatoms. The van der Waals surface area contributed by atoms with Crippen LogP contribution in [0, 0.1) is 35.5 Å². The molecule has 0 heterocycles. The lowest BCUT2D eigenvalue weighted by Crippen LogP contribution is -3.12. The summed E-state index contributed by atoms with van der Waals surface area (Å²) in [6.07, 6.45) is 0. The quantitative estimate of drug-likeness (QED) is 0.837. The number of hydrogen-bond donors (Lipinski definition) is 0. The summed E-state index contributed by atoms with van der Waals surface area (Å²) in [5, 5.41) is 0. The van der Waals surface area contributed by atoms with E-state index in [0.717, 1.165) is 41.3 Å². The molecule has 0 saturated heterocycles. The molecule has 6 fully saturated rings. The van der Waals surface area contributed by atoms with Crippen LogP contribution in [0.25, 0.3) is 0 Å². The van der Waals surface area contributed by atoms with Crippen molar-refractivity contribution in [3.8, 4) is 5.75 Å². The summed E-state index contributed by atoms with van der Waals surface area (Å²) in [6, 6.07) is 20.3. The van der Waals surface area contributed by atoms with Crippen molar-refractivity contribution in [2.24, 2.45) is 35.5 Å². The van der Waals surface area contributed by atoms with E-state index in [1.54, 1.807) is 18.2 Å². The summed E-state index contributed by atoms with van der Waals surface area (Å²) in [5.74, 6) is 6.99. The Hall–Kier alpha value is -1.76. The molecule has 0 unspecified atom stereocenters. The molecule has 0 radical (unpaired) electrons. The minimum atomic E-state index is 0.574. The smallest absolute Gasteiger partial charge is 0.119 e. The first-order chi connectivity index (χ1) is 10.9. The zero-order chi connectivity index (χ0) is 14.3. The Morgan fingerprint density at radius 1 is 0.682 bits per heavy atom. The zero-order valence-electron chi connectivity index (χ0n) is 12.6. The third-order valence-electron chi connectivity index (χ3n) is 8.47. The molecule has 6 aliphatic carbocycles. The summed E-state index contributed by atoms with van der Waals surface area (Å²) >= 11 is 0. The second-order valence-corrected chi connectivity index (χ2v) is 8.12. The van der Waals surface area contributed by atoms with Gasteiger partial charge >= 0.3 is 0 Å². The van der Waals surface area contributed by atoms with Gasteiger partial charge in [-0.1, -0.05) is 42.5 Å². The van der Waals surface area contributed by atoms with E-state index >= 15 is 0 Å². The highest BCUT2D eigenvalue weighted by Gasteiger charge is 3.09. The predicted molar refractivity (Wildman–Crippen MR) is 83.7 cm³/mol. The lowest BCUT2D eigenvalue weighted by atomic mass is 8.91. The van der Waals surface area contributed by atoms with Gasteiger partial charge in [0.05, 0.1) is 7.11 Å². The van der Waals surface area contributed by atoms with Gasteiger partial charge in [0.1, 0.15) is 5.75 Å². The molecule has 8 rings (SSSR count). The molecule has 0 aliphatic heterocycles. The molecule has 0 aromatic heterocycles. The Bertz CT molecular complexity index is 782. The number of rotatable bonds is 3. The fourth-order valence-electron chi connectivity index (χ4n) is 8.30. The molecular formula is C21H18O. The Kier molecular flexibility index (Phi) is 1.42. The van der Waals surface area contributed by atoms with Crippen LogP contribution in [0.4, 0.5) is 0 Å². The van der Waals surface area contributed by atoms with E-state index in [1.165, 1.54) is 0 Å². The van der Waals surface area contributed by atoms with Crippen LogP contribution in [-0.2, 0) is 10.8 Å². The molecule has 6 saturated carbocycles. The fraction of sp³-hybridized carbons (Fsp3) is 0.429. The Balaban J connectivity index is 1.31. The van der Waals surface area contributed by atoms with Gasteiger partial charge in [-0.05, 0) is 58.8 Å². The Labute approximate surface area is 130 Å². The highest BCUT2D eigenvalue weighted by Crippen LogP contribution is 3.09. The highest BCUT2D eigenvalue weighted by atomic mass is 16.5. The molecular weight excluding hydrogens is 268 g/mol. The third kappa shape index (κ3) is 0.666. The molecule has 0 atom stereocenters. The summed E-state index contributed by atoms with van der Waals surface area (Å²) in [4.78, 5) is 0. The van der Waals surface area contributed by atoms with E-state index in [0.29, 0.717) is 10.8 Å². The van der Waals surface area contributed by atoms with Gasteiger partial charge in [-0.25, -0.2) is 0 Å². The third-order valence-corrected chi connectivity index (χ3v) is 8.47. The van der Waals surface area contributed by atoms with Crippen LogP contribution in [0.2, 0.25) is 0 Å². The summed E-state index contributed by atoms with van der Waals surface area (Å²) in [6.45, 7) is 0. The lowest BCUT2D eigenvalue weighted by molar-refractivity contribution is -0.596. The molecule has 0 N–H and O–H groups in total. The van der Waals surface area contributed by atoms with Crippen molar-refractivity contribution >= 4 is 0 Å². The van der Waals surface area contributed by atoms with E-state index in [1.807, 2.05) is 0 Å². The molecule has 2 aromatic rings. The van der Waals surface area contributed by atoms with E-state index in [2.05, 4.69) is 54.6 Å². The number of methoxy groups -OCH3 is 1. The van der Waals surface area contributed by atoms with Crippen LogP contribution >= 0.6 is 0 Å². The zero-order valence-corrected chi connectivity index (χ0v) is 12.6. The number of hydrogen-bond acceptors (Lipinski definition) is 1. The number of ether oxygens (including phenoxy) is 1.